The first-order valence-electron chi connectivity index (χ1n) is 16.2. The second kappa shape index (κ2) is 16.7. The van der Waals surface area contributed by atoms with Gasteiger partial charge in [0.25, 0.3) is 0 Å². The summed E-state index contributed by atoms with van der Waals surface area (Å²) in [4.78, 5) is 23.8. The molecule has 2 atom stereocenters. The zero-order valence-corrected chi connectivity index (χ0v) is 27.9. The molecule has 0 saturated heterocycles. The zero-order valence-electron chi connectivity index (χ0n) is 27.9. The fourth-order valence-corrected chi connectivity index (χ4v) is 5.64. The number of H-pyrrole nitrogens is 1. The quantitative estimate of drug-likeness (QED) is 0.0415. The molecule has 0 saturated carbocycles. The summed E-state index contributed by atoms with van der Waals surface area (Å²) >= 11 is 0. The number of nitrogens with one attached hydrogen (secondary N) is 2. The molecule has 0 fully saturated rings. The first kappa shape index (κ1) is 39.3. The zero-order chi connectivity index (χ0) is 37.5. The van der Waals surface area contributed by atoms with Gasteiger partial charge in [-0.2, -0.15) is 18.2 Å². The van der Waals surface area contributed by atoms with Gasteiger partial charge >= 0.3 is 18.2 Å². The van der Waals surface area contributed by atoms with Gasteiger partial charge in [0.05, 0.1) is 22.8 Å². The van der Waals surface area contributed by atoms with Crippen LogP contribution in [-0.2, 0) is 12.6 Å². The number of aromatic amines is 1. The Kier molecular flexibility index (Phi) is 12.8. The van der Waals surface area contributed by atoms with Crippen molar-refractivity contribution < 1.29 is 39.9 Å². The van der Waals surface area contributed by atoms with Crippen LogP contribution in [0, 0.1) is 5.82 Å². The van der Waals surface area contributed by atoms with Crippen molar-refractivity contribution in [2.24, 2.45) is 16.5 Å². The Bertz CT molecular complexity index is 1880. The van der Waals surface area contributed by atoms with Gasteiger partial charge in [-0.15, -0.1) is 13.2 Å². The molecule has 2 aromatic carbocycles. The van der Waals surface area contributed by atoms with Crippen LogP contribution in [0.1, 0.15) is 68.7 Å². The van der Waals surface area contributed by atoms with E-state index in [0.29, 0.717) is 44.3 Å². The molecule has 0 aliphatic heterocycles. The first-order chi connectivity index (χ1) is 24.0. The maximum atomic E-state index is 15.4. The van der Waals surface area contributed by atoms with Gasteiger partial charge in [0.1, 0.15) is 23.9 Å². The van der Waals surface area contributed by atoms with Crippen LogP contribution in [0.25, 0.3) is 28.0 Å². The molecule has 17 heteroatoms. The number of aryl methyl sites for hydroxylation is 1. The maximum Gasteiger partial charge on any atom is 0.573 e. The molecular formula is C34H39F8N7O2. The number of hydrogen-bond donors (Lipinski definition) is 4. The molecule has 0 spiro atoms. The van der Waals surface area contributed by atoms with Crippen molar-refractivity contribution in [3.8, 4) is 22.7 Å². The second-order valence-corrected chi connectivity index (χ2v) is 12.1. The largest absolute Gasteiger partial charge is 0.573 e. The summed E-state index contributed by atoms with van der Waals surface area (Å²) in [7, 11) is 0. The lowest BCUT2D eigenvalue weighted by atomic mass is 9.98. The van der Waals surface area contributed by atoms with Crippen molar-refractivity contribution in [2.45, 2.75) is 77.0 Å². The Morgan fingerprint density at radius 1 is 1.10 bits per heavy atom. The van der Waals surface area contributed by atoms with Crippen molar-refractivity contribution in [3.05, 3.63) is 75.6 Å². The number of aromatic nitrogens is 3. The van der Waals surface area contributed by atoms with Crippen molar-refractivity contribution in [2.75, 3.05) is 19.8 Å². The molecule has 4 aromatic rings. The number of amidine groups is 1. The lowest BCUT2D eigenvalue weighted by molar-refractivity contribution is -0.275. The van der Waals surface area contributed by atoms with E-state index in [1.807, 2.05) is 6.92 Å². The smallest absolute Gasteiger partial charge is 0.405 e. The third-order valence-corrected chi connectivity index (χ3v) is 8.02. The lowest BCUT2D eigenvalue weighted by Crippen LogP contribution is -2.26. The Hall–Kier alpha value is -4.51. The number of hydrogen-bond acceptors (Lipinski definition) is 6. The summed E-state index contributed by atoms with van der Waals surface area (Å²) in [5, 5.41) is 3.38. The van der Waals surface area contributed by atoms with Crippen LogP contribution >= 0.6 is 0 Å². The monoisotopic (exact) mass is 729 g/mol. The van der Waals surface area contributed by atoms with E-state index in [0.717, 1.165) is 10.6 Å². The van der Waals surface area contributed by atoms with E-state index < -0.39 is 59.7 Å². The fourth-order valence-electron chi connectivity index (χ4n) is 5.64. The van der Waals surface area contributed by atoms with Crippen LogP contribution in [0.5, 0.6) is 5.75 Å². The highest BCUT2D eigenvalue weighted by molar-refractivity contribution is 5.83. The van der Waals surface area contributed by atoms with E-state index in [2.05, 4.69) is 25.0 Å². The molecule has 6 N–H and O–H groups in total. The van der Waals surface area contributed by atoms with Crippen LogP contribution in [-0.4, -0.2) is 52.5 Å². The molecule has 278 valence electrons. The van der Waals surface area contributed by atoms with E-state index in [9.17, 15) is 35.5 Å². The number of nitrogens with two attached hydrogens (primary N) is 2. The van der Waals surface area contributed by atoms with Gasteiger partial charge in [-0.3, -0.25) is 9.56 Å². The van der Waals surface area contributed by atoms with Gasteiger partial charge in [0.2, 0.25) is 0 Å². The Morgan fingerprint density at radius 2 is 1.84 bits per heavy atom. The van der Waals surface area contributed by atoms with Crippen LogP contribution < -0.4 is 27.2 Å². The number of benzene rings is 2. The molecule has 2 unspecified atom stereocenters. The Balaban J connectivity index is 1.73. The van der Waals surface area contributed by atoms with Gasteiger partial charge in [-0.05, 0) is 75.4 Å². The predicted molar refractivity (Wildman–Crippen MR) is 178 cm³/mol. The van der Waals surface area contributed by atoms with E-state index in [1.54, 1.807) is 6.92 Å². The minimum absolute atomic E-state index is 0.0396. The lowest BCUT2D eigenvalue weighted by Gasteiger charge is -2.23. The van der Waals surface area contributed by atoms with Gasteiger partial charge in [-0.25, -0.2) is 13.6 Å². The molecule has 9 nitrogen and oxygen atoms in total. The summed E-state index contributed by atoms with van der Waals surface area (Å²) in [6, 6.07) is 5.73. The van der Waals surface area contributed by atoms with Crippen molar-refractivity contribution in [1.82, 2.24) is 19.9 Å². The maximum absolute atomic E-state index is 15.4. The van der Waals surface area contributed by atoms with Crippen molar-refractivity contribution in [3.63, 3.8) is 0 Å². The number of ether oxygens (including phenoxy) is 1. The molecule has 4 rings (SSSR count). The predicted octanol–water partition coefficient (Wildman–Crippen LogP) is 7.25. The average molecular weight is 730 g/mol. The first-order valence-corrected chi connectivity index (χ1v) is 16.2. The van der Waals surface area contributed by atoms with Gasteiger partial charge < -0.3 is 26.5 Å². The highest BCUT2D eigenvalue weighted by Crippen LogP contribution is 2.38. The molecule has 2 aromatic heterocycles. The molecule has 0 aliphatic rings. The standard InChI is InChI=1S/C34H39F8N7O2/c1-3-6-27(46-12-5-11-45-19(2)43)24-10-9-23(16-29(24)51-34(40,41)42)49-18-21-15-28(47-31(21)48-32(49)50)25-13-20(7-4-8-22(44)17-35)14-26(30(25)36)33(37,38)39/h9-10,13-16,18,22,27,46H,3-8,11-12,17,44H2,1-2H3,(H2,43,45)(H,47,48,50). The van der Waals surface area contributed by atoms with E-state index >= 15 is 4.39 Å². The van der Waals surface area contributed by atoms with E-state index in [1.165, 1.54) is 30.5 Å². The molecular weight excluding hydrogens is 690 g/mol. The average Bonchev–Trinajstić information content (AvgIpc) is 3.45. The second-order valence-electron chi connectivity index (χ2n) is 12.1. The summed E-state index contributed by atoms with van der Waals surface area (Å²) in [5.74, 6) is -1.69. The fraction of sp³-hybridized carbons (Fsp3) is 0.441. The minimum Gasteiger partial charge on any atom is -0.405 e. The molecule has 0 aliphatic carbocycles. The van der Waals surface area contributed by atoms with E-state index in [4.69, 9.17) is 11.5 Å². The minimum atomic E-state index is -5.06. The molecule has 0 amide bonds. The summed E-state index contributed by atoms with van der Waals surface area (Å²) in [6.07, 6.45) is -6.70. The molecule has 2 heterocycles. The number of alkyl halides is 7. The number of rotatable bonds is 16. The van der Waals surface area contributed by atoms with Crippen LogP contribution in [0.3, 0.4) is 0 Å². The highest BCUT2D eigenvalue weighted by atomic mass is 19.4. The Labute approximate surface area is 288 Å². The molecule has 0 radical (unpaired) electrons. The van der Waals surface area contributed by atoms with Crippen molar-refractivity contribution >= 4 is 16.9 Å². The number of aliphatic imine (C=N–C) groups is 1. The summed E-state index contributed by atoms with van der Waals surface area (Å²) in [5.41, 5.74) is 8.30. The Morgan fingerprint density at radius 3 is 2.49 bits per heavy atom. The highest BCUT2D eigenvalue weighted by Gasteiger charge is 2.36. The van der Waals surface area contributed by atoms with Crippen LogP contribution in [0.2, 0.25) is 0 Å². The van der Waals surface area contributed by atoms with Crippen molar-refractivity contribution in [1.29, 1.82) is 0 Å². The van der Waals surface area contributed by atoms with Crippen LogP contribution in [0.4, 0.5) is 35.1 Å². The van der Waals surface area contributed by atoms with Crippen LogP contribution in [0.15, 0.2) is 52.4 Å². The normalized spacial score (nSPS) is 13.9. The number of fused-ring (bicyclic) bond motifs is 1. The summed E-state index contributed by atoms with van der Waals surface area (Å²) in [6.45, 7) is 3.57. The number of halogens is 8. The topological polar surface area (TPSA) is 136 Å². The number of nitrogens with zero attached hydrogens (tertiary/aromatic N) is 3. The van der Waals surface area contributed by atoms with Gasteiger partial charge in [-0.1, -0.05) is 19.4 Å². The molecule has 0 bridgehead atoms. The summed E-state index contributed by atoms with van der Waals surface area (Å²) < 4.78 is 116. The van der Waals surface area contributed by atoms with Gasteiger partial charge in [0.15, 0.2) is 0 Å². The van der Waals surface area contributed by atoms with Gasteiger partial charge in [0, 0.05) is 47.4 Å². The SMILES string of the molecule is CCCC(NCCCN=C(C)N)c1ccc(-n2cc3cc(-c4cc(CCCC(N)CF)cc(C(F)(F)F)c4F)[nH]c3nc2=O)cc1OC(F)(F)F. The molecule has 51 heavy (non-hydrogen) atoms. The van der Waals surface area contributed by atoms with E-state index in [-0.39, 0.29) is 52.8 Å². The third kappa shape index (κ3) is 10.5. The third-order valence-electron chi connectivity index (χ3n) is 8.02.